The van der Waals surface area contributed by atoms with Gasteiger partial charge in [-0.2, -0.15) is 0 Å². The Hall–Kier alpha value is -2.95. The van der Waals surface area contributed by atoms with E-state index in [0.29, 0.717) is 5.65 Å². The van der Waals surface area contributed by atoms with E-state index in [1.807, 2.05) is 23.1 Å². The zero-order valence-electron chi connectivity index (χ0n) is 14.3. The Labute approximate surface area is 150 Å². The minimum Gasteiger partial charge on any atom is -0.328 e. The molecule has 1 fully saturated rings. The van der Waals surface area contributed by atoms with E-state index in [1.165, 1.54) is 21.7 Å². The molecule has 1 unspecified atom stereocenters. The van der Waals surface area contributed by atoms with Gasteiger partial charge in [0.05, 0.1) is 6.04 Å². The number of hydrogen-bond donors (Lipinski definition) is 0. The predicted octanol–water partition coefficient (Wildman–Crippen LogP) is 2.99. The largest absolute Gasteiger partial charge is 0.328 e. The Morgan fingerprint density at radius 3 is 2.73 bits per heavy atom. The Morgan fingerprint density at radius 2 is 1.88 bits per heavy atom. The van der Waals surface area contributed by atoms with Gasteiger partial charge in [-0.1, -0.05) is 30.3 Å². The van der Waals surface area contributed by atoms with Crippen molar-refractivity contribution in [3.05, 3.63) is 81.9 Å². The number of amides is 1. The Balaban J connectivity index is 1.58. The van der Waals surface area contributed by atoms with Gasteiger partial charge in [0.1, 0.15) is 11.2 Å². The van der Waals surface area contributed by atoms with Crippen molar-refractivity contribution in [3.63, 3.8) is 0 Å². The number of hydrogen-bond acceptors (Lipinski definition) is 3. The van der Waals surface area contributed by atoms with Crippen LogP contribution in [0.1, 0.15) is 46.8 Å². The Morgan fingerprint density at radius 1 is 1.08 bits per heavy atom. The zero-order chi connectivity index (χ0) is 17.7. The molecule has 0 spiro atoms. The minimum absolute atomic E-state index is 0.0575. The van der Waals surface area contributed by atoms with E-state index in [0.717, 1.165) is 25.7 Å². The van der Waals surface area contributed by atoms with Crippen LogP contribution in [0.25, 0.3) is 5.65 Å². The summed E-state index contributed by atoms with van der Waals surface area (Å²) in [7, 11) is 0. The molecule has 3 aromatic rings. The van der Waals surface area contributed by atoms with E-state index < -0.39 is 0 Å². The van der Waals surface area contributed by atoms with Gasteiger partial charge in [0, 0.05) is 18.4 Å². The molecule has 1 saturated carbocycles. The monoisotopic (exact) mass is 345 g/mol. The van der Waals surface area contributed by atoms with Crippen LogP contribution in [0.15, 0.2) is 59.7 Å². The van der Waals surface area contributed by atoms with Gasteiger partial charge in [0.2, 0.25) is 0 Å². The summed E-state index contributed by atoms with van der Waals surface area (Å²) in [5.74, 6) is -0.190. The van der Waals surface area contributed by atoms with Gasteiger partial charge in [-0.3, -0.25) is 14.0 Å². The van der Waals surface area contributed by atoms with Gasteiger partial charge >= 0.3 is 0 Å². The summed E-state index contributed by atoms with van der Waals surface area (Å²) in [6.07, 6.45) is 7.01. The van der Waals surface area contributed by atoms with Crippen molar-refractivity contribution in [2.75, 3.05) is 0 Å². The third-order valence-electron chi connectivity index (χ3n) is 5.46. The summed E-state index contributed by atoms with van der Waals surface area (Å²) in [6.45, 7) is 0. The molecule has 5 rings (SSSR count). The van der Waals surface area contributed by atoms with E-state index >= 15 is 0 Å². The highest BCUT2D eigenvalue weighted by Crippen LogP contribution is 2.42. The molecular weight excluding hydrogens is 326 g/mol. The molecule has 5 heteroatoms. The molecule has 5 nitrogen and oxygen atoms in total. The maximum atomic E-state index is 13.4. The third kappa shape index (κ3) is 2.35. The maximum Gasteiger partial charge on any atom is 0.270 e. The normalized spacial score (nSPS) is 18.7. The van der Waals surface area contributed by atoms with Crippen molar-refractivity contribution in [1.82, 2.24) is 14.3 Å². The molecule has 2 heterocycles. The van der Waals surface area contributed by atoms with Gasteiger partial charge in [-0.05, 0) is 48.9 Å². The molecule has 2 aromatic heterocycles. The number of aryl methyl sites for hydroxylation is 1. The smallest absolute Gasteiger partial charge is 0.270 e. The molecule has 0 N–H and O–H groups in total. The van der Waals surface area contributed by atoms with Crippen molar-refractivity contribution in [2.45, 2.75) is 37.8 Å². The van der Waals surface area contributed by atoms with Gasteiger partial charge in [-0.25, -0.2) is 4.98 Å². The number of aromatic nitrogens is 2. The molecule has 1 amide bonds. The first-order valence-corrected chi connectivity index (χ1v) is 9.11. The van der Waals surface area contributed by atoms with E-state index in [-0.39, 0.29) is 29.1 Å². The Bertz CT molecular complexity index is 1070. The number of fused-ring (bicyclic) bond motifs is 2. The molecule has 2 aliphatic rings. The van der Waals surface area contributed by atoms with Crippen molar-refractivity contribution >= 4 is 11.6 Å². The lowest BCUT2D eigenvalue weighted by Crippen LogP contribution is -2.39. The average Bonchev–Trinajstić information content (AvgIpc) is 3.42. The van der Waals surface area contributed by atoms with E-state index in [2.05, 4.69) is 17.1 Å². The lowest BCUT2D eigenvalue weighted by molar-refractivity contribution is 0.0655. The lowest BCUT2D eigenvalue weighted by Gasteiger charge is -2.29. The van der Waals surface area contributed by atoms with Crippen LogP contribution in [0.2, 0.25) is 0 Å². The second-order valence-electron chi connectivity index (χ2n) is 7.10. The summed E-state index contributed by atoms with van der Waals surface area (Å²) in [4.78, 5) is 32.5. The molecule has 130 valence electrons. The average molecular weight is 345 g/mol. The van der Waals surface area contributed by atoms with Gasteiger partial charge in [-0.15, -0.1) is 0 Å². The molecule has 0 bridgehead atoms. The van der Waals surface area contributed by atoms with Crippen LogP contribution in [-0.2, 0) is 6.42 Å². The fraction of sp³-hybridized carbons (Fsp3) is 0.286. The van der Waals surface area contributed by atoms with Gasteiger partial charge < -0.3 is 4.90 Å². The van der Waals surface area contributed by atoms with E-state index in [1.54, 1.807) is 18.3 Å². The van der Waals surface area contributed by atoms with Crippen molar-refractivity contribution in [2.24, 2.45) is 0 Å². The molecule has 0 radical (unpaired) electrons. The highest BCUT2D eigenvalue weighted by atomic mass is 16.2. The van der Waals surface area contributed by atoms with Crippen LogP contribution in [0.4, 0.5) is 0 Å². The van der Waals surface area contributed by atoms with Crippen LogP contribution in [0.3, 0.4) is 0 Å². The third-order valence-corrected chi connectivity index (χ3v) is 5.46. The summed E-state index contributed by atoms with van der Waals surface area (Å²) < 4.78 is 1.45. The van der Waals surface area contributed by atoms with Gasteiger partial charge in [0.15, 0.2) is 0 Å². The summed E-state index contributed by atoms with van der Waals surface area (Å²) >= 11 is 0. The van der Waals surface area contributed by atoms with E-state index in [9.17, 15) is 9.59 Å². The standard InChI is InChI=1S/C21H19N3O2/c25-20-17(13-22-19-7-3-4-12-23(19)20)21(26)24(15-9-10-15)18-11-8-14-5-1-2-6-16(14)18/h1-7,12-13,15,18H,8-11H2. The first-order chi connectivity index (χ1) is 12.7. The molecule has 0 aliphatic heterocycles. The minimum atomic E-state index is -0.294. The number of pyridine rings is 1. The van der Waals surface area contributed by atoms with Crippen LogP contribution in [-0.4, -0.2) is 26.2 Å². The van der Waals surface area contributed by atoms with Crippen LogP contribution < -0.4 is 5.56 Å². The number of benzene rings is 1. The number of rotatable bonds is 3. The maximum absolute atomic E-state index is 13.4. The topological polar surface area (TPSA) is 54.7 Å². The van der Waals surface area contributed by atoms with Crippen LogP contribution in [0.5, 0.6) is 0 Å². The number of carbonyl (C=O) groups excluding carboxylic acids is 1. The van der Waals surface area contributed by atoms with E-state index in [4.69, 9.17) is 0 Å². The van der Waals surface area contributed by atoms with Crippen molar-refractivity contribution in [3.8, 4) is 0 Å². The second kappa shape index (κ2) is 5.80. The van der Waals surface area contributed by atoms with Crippen molar-refractivity contribution < 1.29 is 4.79 Å². The molecule has 1 aromatic carbocycles. The molecule has 2 aliphatic carbocycles. The van der Waals surface area contributed by atoms with Crippen molar-refractivity contribution in [1.29, 1.82) is 0 Å². The predicted molar refractivity (Wildman–Crippen MR) is 98.2 cm³/mol. The highest BCUT2D eigenvalue weighted by Gasteiger charge is 2.41. The zero-order valence-corrected chi connectivity index (χ0v) is 14.3. The van der Waals surface area contributed by atoms with Gasteiger partial charge in [0.25, 0.3) is 11.5 Å². The first kappa shape index (κ1) is 15.3. The molecule has 1 atom stereocenters. The lowest BCUT2D eigenvalue weighted by atomic mass is 10.1. The number of nitrogens with zero attached hydrogens (tertiary/aromatic N) is 3. The van der Waals surface area contributed by atoms with Crippen LogP contribution >= 0.6 is 0 Å². The quantitative estimate of drug-likeness (QED) is 0.733. The molecule has 26 heavy (non-hydrogen) atoms. The summed E-state index contributed by atoms with van der Waals surface area (Å²) in [5.41, 5.74) is 2.95. The van der Waals surface area contributed by atoms with Crippen LogP contribution in [0, 0.1) is 0 Å². The summed E-state index contributed by atoms with van der Waals surface area (Å²) in [6, 6.07) is 14.0. The second-order valence-corrected chi connectivity index (χ2v) is 7.10. The first-order valence-electron chi connectivity index (χ1n) is 9.11. The fourth-order valence-corrected chi connectivity index (χ4v) is 4.05. The fourth-order valence-electron chi connectivity index (χ4n) is 4.05. The SMILES string of the molecule is O=C(c1cnc2ccccn2c1=O)N(C1CC1)C1CCc2ccccc21. The Kier molecular flexibility index (Phi) is 3.42. The molecule has 0 saturated heterocycles. The molecular formula is C21H19N3O2. The summed E-state index contributed by atoms with van der Waals surface area (Å²) in [5, 5.41) is 0. The highest BCUT2D eigenvalue weighted by molar-refractivity contribution is 5.94. The number of carbonyl (C=O) groups is 1.